The predicted octanol–water partition coefficient (Wildman–Crippen LogP) is 3.75. The molecule has 2 fully saturated rings. The van der Waals surface area contributed by atoms with Gasteiger partial charge in [0.1, 0.15) is 5.75 Å². The van der Waals surface area contributed by atoms with Gasteiger partial charge in [0.25, 0.3) is 0 Å². The number of aliphatic carboxylic acids is 1. The fourth-order valence-electron chi connectivity index (χ4n) is 5.29. The number of hydrogen-bond donors (Lipinski definition) is 1. The number of ether oxygens (including phenoxy) is 3. The zero-order chi connectivity index (χ0) is 18.5. The Labute approximate surface area is 158 Å². The van der Waals surface area contributed by atoms with Crippen LogP contribution in [-0.4, -0.2) is 37.2 Å². The lowest BCUT2D eigenvalue weighted by Gasteiger charge is -2.36. The first-order chi connectivity index (χ1) is 12.5. The first kappa shape index (κ1) is 18.1. The molecule has 0 spiro atoms. The summed E-state index contributed by atoms with van der Waals surface area (Å²) in [5.41, 5.74) is 0.707. The Kier molecular flexibility index (Phi) is 4.70. The molecule has 2 saturated carbocycles. The zero-order valence-electron chi connectivity index (χ0n) is 15.4. The van der Waals surface area contributed by atoms with E-state index in [9.17, 15) is 9.90 Å². The van der Waals surface area contributed by atoms with Gasteiger partial charge in [-0.1, -0.05) is 13.0 Å². The summed E-state index contributed by atoms with van der Waals surface area (Å²) >= 11 is 1.27. The van der Waals surface area contributed by atoms with Gasteiger partial charge < -0.3 is 19.3 Å². The van der Waals surface area contributed by atoms with Crippen LogP contribution in [0.1, 0.15) is 31.7 Å². The number of hydrogen-bond acceptors (Lipinski definition) is 5. The highest BCUT2D eigenvalue weighted by atomic mass is 32.2. The van der Waals surface area contributed by atoms with Gasteiger partial charge >= 0.3 is 5.97 Å². The molecule has 5 nitrogen and oxygen atoms in total. The molecule has 6 heteroatoms. The minimum Gasteiger partial charge on any atom is -0.496 e. The molecule has 0 radical (unpaired) electrons. The largest absolute Gasteiger partial charge is 0.496 e. The summed E-state index contributed by atoms with van der Waals surface area (Å²) in [6, 6.07) is 5.61. The number of carbonyl (C=O) groups is 1. The standard InChI is InChI=1S/C20H26O5S/c1-11-12-7-8-13(9-12)14(11)10-25-20(24-3)17-15(23-2)5-4-6-16(17)26-18(20)19(21)22/h4-6,11-14,18H,7-10H2,1-3H3,(H,21,22). The molecule has 1 aromatic rings. The second-order valence-corrected chi connectivity index (χ2v) is 8.86. The van der Waals surface area contributed by atoms with E-state index in [0.29, 0.717) is 35.7 Å². The zero-order valence-corrected chi connectivity index (χ0v) is 16.3. The van der Waals surface area contributed by atoms with Crippen molar-refractivity contribution in [2.24, 2.45) is 23.7 Å². The molecular weight excluding hydrogens is 352 g/mol. The van der Waals surface area contributed by atoms with Gasteiger partial charge in [-0.2, -0.15) is 0 Å². The summed E-state index contributed by atoms with van der Waals surface area (Å²) in [7, 11) is 3.12. The molecule has 0 aromatic heterocycles. The van der Waals surface area contributed by atoms with E-state index in [-0.39, 0.29) is 0 Å². The molecule has 0 saturated heterocycles. The second-order valence-electron chi connectivity index (χ2n) is 7.71. The third-order valence-electron chi connectivity index (χ3n) is 6.70. The lowest BCUT2D eigenvalue weighted by molar-refractivity contribution is -0.241. The van der Waals surface area contributed by atoms with Crippen molar-refractivity contribution in [3.05, 3.63) is 23.8 Å². The van der Waals surface area contributed by atoms with Crippen molar-refractivity contribution in [1.82, 2.24) is 0 Å². The molecule has 2 bridgehead atoms. The minimum atomic E-state index is -1.32. The Bertz CT molecular complexity index is 705. The number of thioether (sulfide) groups is 1. The molecule has 1 heterocycles. The van der Waals surface area contributed by atoms with E-state index in [4.69, 9.17) is 14.2 Å². The predicted molar refractivity (Wildman–Crippen MR) is 98.4 cm³/mol. The van der Waals surface area contributed by atoms with Crippen molar-refractivity contribution in [1.29, 1.82) is 0 Å². The van der Waals surface area contributed by atoms with Crippen LogP contribution in [0.25, 0.3) is 0 Å². The number of rotatable bonds is 6. The fourth-order valence-corrected chi connectivity index (χ4v) is 6.60. The number of methoxy groups -OCH3 is 2. The number of carboxylic acids is 1. The maximum absolute atomic E-state index is 12.0. The van der Waals surface area contributed by atoms with E-state index in [1.165, 1.54) is 38.1 Å². The molecule has 3 aliphatic rings. The van der Waals surface area contributed by atoms with Gasteiger partial charge in [0.05, 0.1) is 19.3 Å². The normalized spacial score (nSPS) is 37.7. The van der Waals surface area contributed by atoms with Gasteiger partial charge in [0.2, 0.25) is 5.79 Å². The molecule has 1 N–H and O–H groups in total. The Hall–Kier alpha value is -1.24. The Morgan fingerprint density at radius 3 is 2.69 bits per heavy atom. The van der Waals surface area contributed by atoms with Gasteiger partial charge in [-0.25, -0.2) is 0 Å². The molecule has 142 valence electrons. The minimum absolute atomic E-state index is 0.471. The van der Waals surface area contributed by atoms with Crippen LogP contribution in [0, 0.1) is 23.7 Å². The lowest BCUT2D eigenvalue weighted by atomic mass is 9.81. The lowest BCUT2D eigenvalue weighted by Crippen LogP contribution is -2.45. The van der Waals surface area contributed by atoms with Crippen LogP contribution in [0.5, 0.6) is 5.75 Å². The summed E-state index contributed by atoms with van der Waals surface area (Å²) in [5, 5.41) is 8.99. The van der Waals surface area contributed by atoms with E-state index in [1.807, 2.05) is 18.2 Å². The molecule has 1 aromatic carbocycles. The third kappa shape index (κ3) is 2.57. The van der Waals surface area contributed by atoms with E-state index < -0.39 is 17.0 Å². The SMILES string of the molecule is COc1cccc2c1C(OC)(OCC1C3CCC(C3)C1C)C(C(=O)O)S2. The molecule has 6 atom stereocenters. The highest BCUT2D eigenvalue weighted by Gasteiger charge is 2.56. The van der Waals surface area contributed by atoms with Crippen molar-refractivity contribution in [2.45, 2.75) is 42.1 Å². The van der Waals surface area contributed by atoms with Crippen molar-refractivity contribution >= 4 is 17.7 Å². The fraction of sp³-hybridized carbons (Fsp3) is 0.650. The number of carboxylic acid groups (broad SMARTS) is 1. The summed E-state index contributed by atoms with van der Waals surface area (Å²) in [6.45, 7) is 2.84. The number of fused-ring (bicyclic) bond motifs is 3. The van der Waals surface area contributed by atoms with E-state index >= 15 is 0 Å². The van der Waals surface area contributed by atoms with E-state index in [2.05, 4.69) is 6.92 Å². The van der Waals surface area contributed by atoms with Crippen LogP contribution in [0.4, 0.5) is 0 Å². The average Bonchev–Trinajstić information content (AvgIpc) is 3.32. The molecule has 0 amide bonds. The van der Waals surface area contributed by atoms with Gasteiger partial charge in [-0.15, -0.1) is 11.8 Å². The Balaban J connectivity index is 1.67. The molecule has 6 unspecified atom stereocenters. The summed E-state index contributed by atoms with van der Waals surface area (Å²) in [6.07, 6.45) is 3.87. The third-order valence-corrected chi connectivity index (χ3v) is 8.04. The first-order valence-electron chi connectivity index (χ1n) is 9.28. The Morgan fingerprint density at radius 1 is 1.31 bits per heavy atom. The van der Waals surface area contributed by atoms with Crippen molar-refractivity contribution < 1.29 is 24.1 Å². The van der Waals surface area contributed by atoms with Crippen molar-refractivity contribution in [3.63, 3.8) is 0 Å². The molecule has 4 rings (SSSR count). The average molecular weight is 378 g/mol. The van der Waals surface area contributed by atoms with Gasteiger partial charge in [0, 0.05) is 12.0 Å². The van der Waals surface area contributed by atoms with Crippen molar-refractivity contribution in [2.75, 3.05) is 20.8 Å². The molecular formula is C20H26O5S. The van der Waals surface area contributed by atoms with Gasteiger partial charge in [-0.05, 0) is 55.1 Å². The van der Waals surface area contributed by atoms with Crippen LogP contribution >= 0.6 is 11.8 Å². The van der Waals surface area contributed by atoms with Crippen molar-refractivity contribution in [3.8, 4) is 5.75 Å². The van der Waals surface area contributed by atoms with Crippen LogP contribution in [-0.2, 0) is 20.1 Å². The smallest absolute Gasteiger partial charge is 0.323 e. The van der Waals surface area contributed by atoms with E-state index in [1.54, 1.807) is 7.11 Å². The summed E-state index contributed by atoms with van der Waals surface area (Å²) in [4.78, 5) is 12.9. The quantitative estimate of drug-likeness (QED) is 0.761. The number of benzene rings is 1. The molecule has 2 aliphatic carbocycles. The topological polar surface area (TPSA) is 65.0 Å². The first-order valence-corrected chi connectivity index (χ1v) is 10.2. The van der Waals surface area contributed by atoms with Gasteiger partial charge in [-0.3, -0.25) is 4.79 Å². The van der Waals surface area contributed by atoms with E-state index in [0.717, 1.165) is 10.8 Å². The Morgan fingerprint density at radius 2 is 2.08 bits per heavy atom. The second kappa shape index (κ2) is 6.73. The summed E-state index contributed by atoms with van der Waals surface area (Å²) < 4.78 is 17.7. The highest BCUT2D eigenvalue weighted by molar-refractivity contribution is 8.01. The van der Waals surface area contributed by atoms with Gasteiger partial charge in [0.15, 0.2) is 5.25 Å². The molecule has 1 aliphatic heterocycles. The monoisotopic (exact) mass is 378 g/mol. The van der Waals surface area contributed by atoms with Crippen LogP contribution in [0.2, 0.25) is 0 Å². The maximum atomic E-state index is 12.0. The van der Waals surface area contributed by atoms with Crippen LogP contribution < -0.4 is 4.74 Å². The van der Waals surface area contributed by atoms with Crippen LogP contribution in [0.15, 0.2) is 23.1 Å². The highest BCUT2D eigenvalue weighted by Crippen LogP contribution is 2.56. The summed E-state index contributed by atoms with van der Waals surface area (Å²) in [5.74, 6) is 0.939. The molecule has 26 heavy (non-hydrogen) atoms. The maximum Gasteiger partial charge on any atom is 0.323 e. The van der Waals surface area contributed by atoms with Crippen LogP contribution in [0.3, 0.4) is 0 Å².